The molecule has 0 saturated carbocycles. The molecule has 0 saturated heterocycles. The number of guanidine groups is 1. The molecule has 2 aromatic rings. The molecule has 1 heterocycles. The maximum Gasteiger partial charge on any atom is 0.213 e. The number of aliphatic imine (C=N–C) groups is 1. The number of hydrogen-bond donors (Lipinski definition) is 2. The van der Waals surface area contributed by atoms with Gasteiger partial charge in [0, 0.05) is 25.9 Å². The second-order valence-electron chi connectivity index (χ2n) is 5.40. The van der Waals surface area contributed by atoms with Crippen molar-refractivity contribution in [2.24, 2.45) is 4.99 Å². The molecule has 0 aliphatic heterocycles. The molecule has 1 atom stereocenters. The van der Waals surface area contributed by atoms with Crippen LogP contribution in [0.15, 0.2) is 47.6 Å². The van der Waals surface area contributed by atoms with Crippen LogP contribution in [0.25, 0.3) is 0 Å². The summed E-state index contributed by atoms with van der Waals surface area (Å²) in [5, 5.41) is 6.41. The van der Waals surface area contributed by atoms with Gasteiger partial charge in [-0.05, 0) is 42.8 Å². The topological polar surface area (TPSA) is 67.8 Å². The van der Waals surface area contributed by atoms with Crippen molar-refractivity contribution in [1.29, 1.82) is 0 Å². The summed E-state index contributed by atoms with van der Waals surface area (Å²) in [6.07, 6.45) is 1.59. The Labute approximate surface area is 170 Å². The van der Waals surface area contributed by atoms with Crippen LogP contribution in [0.2, 0.25) is 0 Å². The van der Waals surface area contributed by atoms with Crippen LogP contribution in [0.3, 0.4) is 0 Å². The first-order valence-electron chi connectivity index (χ1n) is 7.96. The normalized spacial score (nSPS) is 11.9. The lowest BCUT2D eigenvalue weighted by Crippen LogP contribution is -2.41. The van der Waals surface area contributed by atoms with Gasteiger partial charge in [0.1, 0.15) is 17.7 Å². The van der Waals surface area contributed by atoms with Gasteiger partial charge in [0.05, 0.1) is 13.7 Å². The average Bonchev–Trinajstić information content (AvgIpc) is 2.64. The zero-order chi connectivity index (χ0) is 18.1. The Hall–Kier alpha value is -2.10. The third kappa shape index (κ3) is 7.42. The zero-order valence-corrected chi connectivity index (χ0v) is 17.4. The molecule has 0 fully saturated rings. The van der Waals surface area contributed by atoms with Gasteiger partial charge >= 0.3 is 0 Å². The van der Waals surface area contributed by atoms with Gasteiger partial charge in [0.15, 0.2) is 5.96 Å². The maximum absolute atomic E-state index is 12.9. The molecule has 0 radical (unpaired) electrons. The number of hydrogen-bond acceptors (Lipinski definition) is 4. The lowest BCUT2D eigenvalue weighted by Gasteiger charge is -2.18. The Morgan fingerprint density at radius 2 is 1.96 bits per heavy atom. The molecule has 0 amide bonds. The highest BCUT2D eigenvalue weighted by Gasteiger charge is 2.06. The van der Waals surface area contributed by atoms with E-state index in [1.54, 1.807) is 32.5 Å². The molecule has 0 spiro atoms. The lowest BCUT2D eigenvalue weighted by molar-refractivity contribution is 0.223. The fourth-order valence-electron chi connectivity index (χ4n) is 2.11. The van der Waals surface area contributed by atoms with Gasteiger partial charge in [-0.3, -0.25) is 4.99 Å². The van der Waals surface area contributed by atoms with Gasteiger partial charge in [-0.2, -0.15) is 0 Å². The molecule has 2 N–H and O–H groups in total. The van der Waals surface area contributed by atoms with Crippen molar-refractivity contribution in [1.82, 2.24) is 15.6 Å². The maximum atomic E-state index is 12.9. The van der Waals surface area contributed by atoms with E-state index in [2.05, 4.69) is 20.6 Å². The smallest absolute Gasteiger partial charge is 0.213 e. The molecule has 1 aromatic heterocycles. The molecule has 1 unspecified atom stereocenters. The van der Waals surface area contributed by atoms with Crippen molar-refractivity contribution in [2.45, 2.75) is 19.6 Å². The van der Waals surface area contributed by atoms with Gasteiger partial charge in [0.25, 0.3) is 0 Å². The van der Waals surface area contributed by atoms with Crippen LogP contribution in [0, 0.1) is 5.82 Å². The summed E-state index contributed by atoms with van der Waals surface area (Å²) < 4.78 is 23.7. The standard InChI is InChI=1S/C18H23FN4O2.HI/c1-13(25-16-6-4-15(19)5-7-16)11-22-18(20-2)23-12-14-8-9-21-17(10-14)24-3;/h4-10,13H,11-12H2,1-3H3,(H2,20,22,23);1H. The molecule has 6 nitrogen and oxygen atoms in total. The number of rotatable bonds is 7. The van der Waals surface area contributed by atoms with Gasteiger partial charge < -0.3 is 20.1 Å². The molecule has 0 aliphatic carbocycles. The molecule has 1 aromatic carbocycles. The molecule has 2 rings (SSSR count). The van der Waals surface area contributed by atoms with Crippen molar-refractivity contribution >= 4 is 29.9 Å². The van der Waals surface area contributed by atoms with Crippen molar-refractivity contribution in [3.8, 4) is 11.6 Å². The Kier molecular flexibility index (Phi) is 9.71. The van der Waals surface area contributed by atoms with E-state index in [0.29, 0.717) is 30.7 Å². The number of nitrogens with one attached hydrogen (secondary N) is 2. The number of nitrogens with zero attached hydrogens (tertiary/aromatic N) is 2. The quantitative estimate of drug-likeness (QED) is 0.367. The number of ether oxygens (including phenoxy) is 2. The van der Waals surface area contributed by atoms with E-state index in [1.165, 1.54) is 12.1 Å². The van der Waals surface area contributed by atoms with Crippen LogP contribution in [-0.4, -0.2) is 37.7 Å². The van der Waals surface area contributed by atoms with Gasteiger partial charge in [-0.15, -0.1) is 24.0 Å². The summed E-state index contributed by atoms with van der Waals surface area (Å²) >= 11 is 0. The molecular formula is C18H24FIN4O2. The van der Waals surface area contributed by atoms with Crippen LogP contribution in [0.5, 0.6) is 11.6 Å². The third-order valence-corrected chi connectivity index (χ3v) is 3.40. The van der Waals surface area contributed by atoms with Crippen LogP contribution < -0.4 is 20.1 Å². The Morgan fingerprint density at radius 3 is 2.62 bits per heavy atom. The first kappa shape index (κ1) is 21.9. The van der Waals surface area contributed by atoms with E-state index in [0.717, 1.165) is 5.56 Å². The highest BCUT2D eigenvalue weighted by atomic mass is 127. The average molecular weight is 474 g/mol. The van der Waals surface area contributed by atoms with Crippen molar-refractivity contribution in [3.63, 3.8) is 0 Å². The minimum absolute atomic E-state index is 0. The van der Waals surface area contributed by atoms with Crippen molar-refractivity contribution in [2.75, 3.05) is 20.7 Å². The van der Waals surface area contributed by atoms with E-state index < -0.39 is 0 Å². The van der Waals surface area contributed by atoms with Crippen molar-refractivity contribution in [3.05, 3.63) is 54.0 Å². The number of pyridine rings is 1. The molecule has 8 heteroatoms. The zero-order valence-electron chi connectivity index (χ0n) is 15.0. The highest BCUT2D eigenvalue weighted by molar-refractivity contribution is 14.0. The predicted molar refractivity (Wildman–Crippen MR) is 111 cm³/mol. The van der Waals surface area contributed by atoms with Gasteiger partial charge in [-0.25, -0.2) is 9.37 Å². The van der Waals surface area contributed by atoms with E-state index in [1.807, 2.05) is 19.1 Å². The van der Waals surface area contributed by atoms with E-state index >= 15 is 0 Å². The molecule has 0 bridgehead atoms. The largest absolute Gasteiger partial charge is 0.489 e. The van der Waals surface area contributed by atoms with Gasteiger partial charge in [-0.1, -0.05) is 0 Å². The minimum atomic E-state index is -0.282. The molecule has 142 valence electrons. The Bertz CT molecular complexity index is 698. The monoisotopic (exact) mass is 474 g/mol. The minimum Gasteiger partial charge on any atom is -0.489 e. The molecule has 26 heavy (non-hydrogen) atoms. The lowest BCUT2D eigenvalue weighted by atomic mass is 10.2. The first-order valence-corrected chi connectivity index (χ1v) is 7.96. The second kappa shape index (κ2) is 11.5. The summed E-state index contributed by atoms with van der Waals surface area (Å²) in [6, 6.07) is 9.73. The predicted octanol–water partition coefficient (Wildman–Crippen LogP) is 2.98. The number of benzene rings is 1. The van der Waals surface area contributed by atoms with Crippen LogP contribution >= 0.6 is 24.0 Å². The third-order valence-electron chi connectivity index (χ3n) is 3.40. The van der Waals surface area contributed by atoms with E-state index in [4.69, 9.17) is 9.47 Å². The van der Waals surface area contributed by atoms with Crippen LogP contribution in [-0.2, 0) is 6.54 Å². The van der Waals surface area contributed by atoms with Crippen molar-refractivity contribution < 1.29 is 13.9 Å². The fraction of sp³-hybridized carbons (Fsp3) is 0.333. The second-order valence-corrected chi connectivity index (χ2v) is 5.40. The first-order chi connectivity index (χ1) is 12.1. The number of methoxy groups -OCH3 is 1. The van der Waals surface area contributed by atoms with Crippen LogP contribution in [0.4, 0.5) is 4.39 Å². The number of halogens is 2. The fourth-order valence-corrected chi connectivity index (χ4v) is 2.11. The SMILES string of the molecule is CN=C(NCc1ccnc(OC)c1)NCC(C)Oc1ccc(F)cc1.I. The summed E-state index contributed by atoms with van der Waals surface area (Å²) in [4.78, 5) is 8.25. The summed E-state index contributed by atoms with van der Waals surface area (Å²) in [7, 11) is 3.29. The highest BCUT2D eigenvalue weighted by Crippen LogP contribution is 2.12. The number of aromatic nitrogens is 1. The molecule has 0 aliphatic rings. The Morgan fingerprint density at radius 1 is 1.23 bits per heavy atom. The van der Waals surface area contributed by atoms with Gasteiger partial charge in [0.2, 0.25) is 5.88 Å². The summed E-state index contributed by atoms with van der Waals surface area (Å²) in [6.45, 7) is 3.07. The summed E-state index contributed by atoms with van der Waals surface area (Å²) in [5.41, 5.74) is 1.03. The van der Waals surface area contributed by atoms with E-state index in [9.17, 15) is 4.39 Å². The summed E-state index contributed by atoms with van der Waals surface area (Å²) in [5.74, 6) is 1.58. The van der Waals surface area contributed by atoms with E-state index in [-0.39, 0.29) is 35.9 Å². The Balaban J connectivity index is 0.00000338. The molecular weight excluding hydrogens is 450 g/mol. The van der Waals surface area contributed by atoms with Crippen LogP contribution in [0.1, 0.15) is 12.5 Å².